The van der Waals surface area contributed by atoms with Crippen molar-refractivity contribution in [1.29, 1.82) is 0 Å². The molecule has 2 nitrogen and oxygen atoms in total. The molecule has 0 spiro atoms. The van der Waals surface area contributed by atoms with Crippen molar-refractivity contribution in [3.8, 4) is 67.3 Å². The van der Waals surface area contributed by atoms with Gasteiger partial charge >= 0.3 is 0 Å². The lowest BCUT2D eigenvalue weighted by Gasteiger charge is -2.28. The second-order valence-electron chi connectivity index (χ2n) is 17.5. The lowest BCUT2D eigenvalue weighted by Crippen LogP contribution is -2.22. The number of aromatic nitrogens is 2. The van der Waals surface area contributed by atoms with Gasteiger partial charge in [0.1, 0.15) is 0 Å². The third-order valence-corrected chi connectivity index (χ3v) is 13.8. The van der Waals surface area contributed by atoms with Gasteiger partial charge in [-0.2, -0.15) is 0 Å². The van der Waals surface area contributed by atoms with Crippen molar-refractivity contribution >= 4 is 21.5 Å². The third kappa shape index (κ3) is 5.35. The van der Waals surface area contributed by atoms with Crippen LogP contribution < -0.4 is 0 Å². The highest BCUT2D eigenvalue weighted by molar-refractivity contribution is 6.05. The van der Waals surface area contributed by atoms with E-state index in [1.165, 1.54) is 82.7 Å². The Labute approximate surface area is 356 Å². The van der Waals surface area contributed by atoms with E-state index in [-0.39, 0.29) is 10.8 Å². The summed E-state index contributed by atoms with van der Waals surface area (Å²) in [5, 5.41) is 4.94. The van der Waals surface area contributed by atoms with Gasteiger partial charge < -0.3 is 0 Å². The van der Waals surface area contributed by atoms with Crippen molar-refractivity contribution in [2.45, 2.75) is 31.6 Å². The first-order valence-corrected chi connectivity index (χ1v) is 21.3. The van der Waals surface area contributed by atoms with Crippen LogP contribution in [0.4, 0.5) is 0 Å². The smallest absolute Gasteiger partial charge is 0.160 e. The van der Waals surface area contributed by atoms with E-state index < -0.39 is 0 Å². The van der Waals surface area contributed by atoms with Crippen LogP contribution in [0.2, 0.25) is 0 Å². The molecule has 0 N–H and O–H groups in total. The highest BCUT2D eigenvalue weighted by atomic mass is 14.9. The molecule has 1 atom stereocenters. The van der Waals surface area contributed by atoms with Crippen molar-refractivity contribution in [1.82, 2.24) is 9.97 Å². The molecule has 0 fully saturated rings. The minimum absolute atomic E-state index is 0.120. The summed E-state index contributed by atoms with van der Waals surface area (Å²) in [6, 6.07) is 73.2. The summed E-state index contributed by atoms with van der Waals surface area (Å²) in [5.74, 6) is 0.712. The van der Waals surface area contributed by atoms with Crippen LogP contribution in [-0.2, 0) is 10.8 Å². The van der Waals surface area contributed by atoms with Crippen molar-refractivity contribution in [2.75, 3.05) is 0 Å². The number of nitrogens with zero attached hydrogens (tertiary/aromatic N) is 2. The molecule has 0 bridgehead atoms. The molecule has 2 aliphatic carbocycles. The zero-order valence-electron chi connectivity index (χ0n) is 34.4. The number of hydrogen-bond donors (Lipinski definition) is 0. The van der Waals surface area contributed by atoms with Crippen molar-refractivity contribution in [3.63, 3.8) is 0 Å². The first kappa shape index (κ1) is 35.5. The molecule has 0 amide bonds. The van der Waals surface area contributed by atoms with Gasteiger partial charge in [0.15, 0.2) is 5.82 Å². The van der Waals surface area contributed by atoms with Crippen LogP contribution in [0.3, 0.4) is 0 Å². The molecule has 1 heterocycles. The Hall–Kier alpha value is -7.42. The van der Waals surface area contributed by atoms with E-state index in [1.807, 2.05) is 6.07 Å². The van der Waals surface area contributed by atoms with E-state index in [4.69, 9.17) is 9.97 Å². The summed E-state index contributed by atoms with van der Waals surface area (Å²) >= 11 is 0. The van der Waals surface area contributed by atoms with Crippen LogP contribution in [0.15, 0.2) is 200 Å². The van der Waals surface area contributed by atoms with Crippen LogP contribution in [-0.4, -0.2) is 9.97 Å². The van der Waals surface area contributed by atoms with Crippen molar-refractivity contribution in [3.05, 3.63) is 228 Å². The van der Waals surface area contributed by atoms with Gasteiger partial charge in [-0.15, -0.1) is 0 Å². The minimum atomic E-state index is -0.258. The molecule has 61 heavy (non-hydrogen) atoms. The van der Waals surface area contributed by atoms with Gasteiger partial charge in [0.25, 0.3) is 0 Å². The molecule has 0 saturated carbocycles. The monoisotopic (exact) mass is 778 g/mol. The first-order chi connectivity index (χ1) is 29.9. The molecule has 0 saturated heterocycles. The van der Waals surface area contributed by atoms with Gasteiger partial charge in [-0.3, -0.25) is 0 Å². The van der Waals surface area contributed by atoms with Crippen molar-refractivity contribution in [2.24, 2.45) is 0 Å². The summed E-state index contributed by atoms with van der Waals surface area (Å²) in [5.41, 5.74) is 18.9. The Balaban J connectivity index is 1.00. The Bertz CT molecular complexity index is 3400. The molecule has 2 aliphatic rings. The molecule has 1 unspecified atom stereocenters. The maximum atomic E-state index is 5.32. The molecule has 10 aromatic rings. The second-order valence-corrected chi connectivity index (χ2v) is 17.5. The molecule has 0 radical (unpaired) electrons. The predicted molar refractivity (Wildman–Crippen MR) is 254 cm³/mol. The zero-order chi connectivity index (χ0) is 40.9. The Morgan fingerprint density at radius 3 is 1.69 bits per heavy atom. The van der Waals surface area contributed by atoms with Gasteiger partial charge in [-0.25, -0.2) is 9.97 Å². The lowest BCUT2D eigenvalue weighted by atomic mass is 9.74. The fourth-order valence-electron chi connectivity index (χ4n) is 10.6. The molecular weight excluding hydrogens is 737 g/mol. The van der Waals surface area contributed by atoms with Crippen LogP contribution in [0, 0.1) is 0 Å². The minimum Gasteiger partial charge on any atom is -0.228 e. The fourth-order valence-corrected chi connectivity index (χ4v) is 10.6. The Kier molecular flexibility index (Phi) is 7.74. The molecular formula is C59H42N2. The summed E-state index contributed by atoms with van der Waals surface area (Å²) in [7, 11) is 0. The van der Waals surface area contributed by atoms with Gasteiger partial charge in [0.05, 0.1) is 11.4 Å². The van der Waals surface area contributed by atoms with Gasteiger partial charge in [-0.1, -0.05) is 184 Å². The summed E-state index contributed by atoms with van der Waals surface area (Å²) in [6.07, 6.45) is 0. The van der Waals surface area contributed by atoms with Crippen LogP contribution in [0.1, 0.15) is 48.6 Å². The zero-order valence-corrected chi connectivity index (χ0v) is 34.4. The van der Waals surface area contributed by atoms with E-state index in [0.29, 0.717) is 5.82 Å². The van der Waals surface area contributed by atoms with E-state index in [9.17, 15) is 0 Å². The predicted octanol–water partition coefficient (Wildman–Crippen LogP) is 15.1. The standard InChI is InChI=1S/C59H42N2/c1-58(2)53-35-40(26-28-47(53)50-32-38-18-10-11-19-39(38)34-54(50)58)43-29-30-48(45-23-13-12-22-44(43)45)56-36-55(60-57(61-56)37-16-6-4-7-17-37)41-27-31-52-49(33-41)46-24-14-15-25-51(46)59(52,3)42-20-8-5-9-21-42/h4-36H,1-3H3. The summed E-state index contributed by atoms with van der Waals surface area (Å²) in [6.45, 7) is 7.11. The van der Waals surface area contributed by atoms with Gasteiger partial charge in [0.2, 0.25) is 0 Å². The fraction of sp³-hybridized carbons (Fsp3) is 0.0847. The van der Waals surface area contributed by atoms with Crippen molar-refractivity contribution < 1.29 is 0 Å². The molecule has 1 aromatic heterocycles. The Morgan fingerprint density at radius 1 is 0.328 bits per heavy atom. The average Bonchev–Trinajstić information content (AvgIpc) is 3.71. The number of fused-ring (bicyclic) bond motifs is 8. The van der Waals surface area contributed by atoms with Crippen LogP contribution in [0.25, 0.3) is 88.8 Å². The third-order valence-electron chi connectivity index (χ3n) is 13.8. The van der Waals surface area contributed by atoms with E-state index in [0.717, 1.165) is 28.1 Å². The van der Waals surface area contributed by atoms with Gasteiger partial charge in [0, 0.05) is 27.5 Å². The maximum Gasteiger partial charge on any atom is 0.160 e. The second kappa shape index (κ2) is 13.3. The lowest BCUT2D eigenvalue weighted by molar-refractivity contribution is 0.661. The molecule has 12 rings (SSSR count). The van der Waals surface area contributed by atoms with E-state index in [1.54, 1.807) is 0 Å². The highest BCUT2D eigenvalue weighted by Crippen LogP contribution is 2.54. The first-order valence-electron chi connectivity index (χ1n) is 21.3. The molecule has 2 heteroatoms. The Morgan fingerprint density at radius 2 is 0.885 bits per heavy atom. The average molecular weight is 779 g/mol. The SMILES string of the molecule is CC1(C)c2cc(-c3ccc(-c4cc(-c5ccc6c(c5)-c5ccccc5C6(C)c5ccccc5)nc(-c5ccccc5)n4)c4ccccc34)ccc2-c2cc3ccccc3cc21. The topological polar surface area (TPSA) is 25.8 Å². The molecule has 0 aliphatic heterocycles. The van der Waals surface area contributed by atoms with E-state index in [2.05, 4.69) is 215 Å². The number of hydrogen-bond acceptors (Lipinski definition) is 2. The molecule has 288 valence electrons. The normalized spacial score (nSPS) is 15.7. The van der Waals surface area contributed by atoms with Crippen LogP contribution >= 0.6 is 0 Å². The highest BCUT2D eigenvalue weighted by Gasteiger charge is 2.41. The maximum absolute atomic E-state index is 5.32. The summed E-state index contributed by atoms with van der Waals surface area (Å²) < 4.78 is 0. The quantitative estimate of drug-likeness (QED) is 0.174. The van der Waals surface area contributed by atoms with E-state index >= 15 is 0 Å². The molecule has 9 aromatic carbocycles. The van der Waals surface area contributed by atoms with Crippen LogP contribution in [0.5, 0.6) is 0 Å². The van der Waals surface area contributed by atoms with Gasteiger partial charge in [-0.05, 0) is 120 Å². The summed E-state index contributed by atoms with van der Waals surface area (Å²) in [4.78, 5) is 10.6. The number of rotatable bonds is 5. The number of benzene rings is 9. The largest absolute Gasteiger partial charge is 0.228 e.